The molecule has 1 aromatic rings. The lowest BCUT2D eigenvalue weighted by molar-refractivity contribution is -0.119. The molecule has 0 aromatic carbocycles. The Hall–Kier alpha value is -1.47. The van der Waals surface area contributed by atoms with Gasteiger partial charge in [0.25, 0.3) is 0 Å². The number of aryl methyl sites for hydroxylation is 1. The van der Waals surface area contributed by atoms with Crippen LogP contribution in [0, 0.1) is 6.92 Å². The van der Waals surface area contributed by atoms with Gasteiger partial charge in [-0.3, -0.25) is 4.79 Å². The van der Waals surface area contributed by atoms with Crippen molar-refractivity contribution in [3.05, 3.63) is 11.3 Å². The van der Waals surface area contributed by atoms with Gasteiger partial charge >= 0.3 is 5.97 Å². The van der Waals surface area contributed by atoms with E-state index in [9.17, 15) is 9.59 Å². The number of carbonyl (C=O) groups is 2. The first-order valence-corrected chi connectivity index (χ1v) is 5.36. The molecule has 88 valence electrons. The predicted molar refractivity (Wildman–Crippen MR) is 60.9 cm³/mol. The number of aromatic carboxylic acids is 1. The summed E-state index contributed by atoms with van der Waals surface area (Å²) >= 11 is 0.977. The van der Waals surface area contributed by atoms with Crippen LogP contribution >= 0.6 is 11.5 Å². The van der Waals surface area contributed by atoms with Crippen LogP contribution in [0.15, 0.2) is 0 Å². The summed E-state index contributed by atoms with van der Waals surface area (Å²) < 4.78 is 3.93. The molecule has 1 amide bonds. The van der Waals surface area contributed by atoms with E-state index in [4.69, 9.17) is 10.8 Å². The number of amides is 1. The average Bonchev–Trinajstić information content (AvgIpc) is 2.57. The number of carboxylic acids is 1. The minimum absolute atomic E-state index is 0.0569. The van der Waals surface area contributed by atoms with Crippen LogP contribution in [0.5, 0.6) is 0 Å². The second kappa shape index (κ2) is 4.58. The van der Waals surface area contributed by atoms with Crippen molar-refractivity contribution in [3.63, 3.8) is 0 Å². The molecule has 3 N–H and O–H groups in total. The summed E-state index contributed by atoms with van der Waals surface area (Å²) in [6.45, 7) is 3.14. The summed E-state index contributed by atoms with van der Waals surface area (Å²) in [5.41, 5.74) is 5.91. The molecule has 0 fully saturated rings. The van der Waals surface area contributed by atoms with Gasteiger partial charge in [0.05, 0.1) is 11.7 Å². The standard InChI is InChI=1S/C9H13N3O3S/c1-4(10)7(13)12(3)8-6(9(14)15)5(2)11-16-8/h4H,10H2,1-3H3,(H,14,15). The van der Waals surface area contributed by atoms with Gasteiger partial charge in [-0.2, -0.15) is 4.37 Å². The van der Waals surface area contributed by atoms with E-state index in [1.807, 2.05) is 0 Å². The zero-order chi connectivity index (χ0) is 12.5. The van der Waals surface area contributed by atoms with Gasteiger partial charge in [0.2, 0.25) is 5.91 Å². The van der Waals surface area contributed by atoms with Crippen molar-refractivity contribution in [2.45, 2.75) is 19.9 Å². The minimum Gasteiger partial charge on any atom is -0.478 e. The third-order valence-electron chi connectivity index (χ3n) is 2.08. The fourth-order valence-corrected chi connectivity index (χ4v) is 2.09. The van der Waals surface area contributed by atoms with Crippen molar-refractivity contribution in [2.75, 3.05) is 11.9 Å². The highest BCUT2D eigenvalue weighted by Crippen LogP contribution is 2.27. The normalized spacial score (nSPS) is 12.2. The molecule has 0 spiro atoms. The Morgan fingerprint density at radius 1 is 1.56 bits per heavy atom. The number of anilines is 1. The van der Waals surface area contributed by atoms with E-state index in [1.165, 1.54) is 11.9 Å². The van der Waals surface area contributed by atoms with E-state index in [1.54, 1.807) is 13.8 Å². The van der Waals surface area contributed by atoms with E-state index in [0.717, 1.165) is 11.5 Å². The van der Waals surface area contributed by atoms with Crippen LogP contribution in [-0.4, -0.2) is 34.4 Å². The molecule has 1 heterocycles. The monoisotopic (exact) mass is 243 g/mol. The van der Waals surface area contributed by atoms with Gasteiger partial charge in [0.1, 0.15) is 10.6 Å². The van der Waals surface area contributed by atoms with Crippen LogP contribution < -0.4 is 10.6 Å². The lowest BCUT2D eigenvalue weighted by Crippen LogP contribution is -2.40. The van der Waals surface area contributed by atoms with Crippen LogP contribution in [-0.2, 0) is 4.79 Å². The van der Waals surface area contributed by atoms with Gasteiger partial charge in [-0.25, -0.2) is 4.79 Å². The summed E-state index contributed by atoms with van der Waals surface area (Å²) in [4.78, 5) is 23.8. The zero-order valence-electron chi connectivity index (χ0n) is 9.22. The largest absolute Gasteiger partial charge is 0.478 e. The number of nitrogens with zero attached hydrogens (tertiary/aromatic N) is 2. The molecule has 1 aromatic heterocycles. The van der Waals surface area contributed by atoms with Gasteiger partial charge in [-0.1, -0.05) is 0 Å². The Labute approximate surface area is 96.8 Å². The molecule has 0 aliphatic rings. The maximum absolute atomic E-state index is 11.6. The lowest BCUT2D eigenvalue weighted by Gasteiger charge is -2.17. The molecule has 6 nitrogen and oxygen atoms in total. The topological polar surface area (TPSA) is 96.5 Å². The predicted octanol–water partition coefficient (Wildman–Crippen LogP) is 0.460. The molecule has 1 atom stereocenters. The number of nitrogens with two attached hydrogens (primary N) is 1. The lowest BCUT2D eigenvalue weighted by atomic mass is 10.2. The zero-order valence-corrected chi connectivity index (χ0v) is 10.0. The Morgan fingerprint density at radius 3 is 2.56 bits per heavy atom. The summed E-state index contributed by atoms with van der Waals surface area (Å²) in [6.07, 6.45) is 0. The van der Waals surface area contributed by atoms with Gasteiger partial charge in [0.15, 0.2) is 0 Å². The van der Waals surface area contributed by atoms with E-state index >= 15 is 0 Å². The fourth-order valence-electron chi connectivity index (χ4n) is 1.24. The number of hydrogen-bond acceptors (Lipinski definition) is 5. The van der Waals surface area contributed by atoms with Crippen LogP contribution in [0.4, 0.5) is 5.00 Å². The number of likely N-dealkylation sites (N-methyl/N-ethyl adjacent to an activating group) is 1. The summed E-state index contributed by atoms with van der Waals surface area (Å²) in [5, 5.41) is 9.31. The highest BCUT2D eigenvalue weighted by atomic mass is 32.1. The first kappa shape index (κ1) is 12.6. The van der Waals surface area contributed by atoms with E-state index in [0.29, 0.717) is 10.7 Å². The second-order valence-corrected chi connectivity index (χ2v) is 4.19. The van der Waals surface area contributed by atoms with Crippen molar-refractivity contribution in [3.8, 4) is 0 Å². The summed E-state index contributed by atoms with van der Waals surface area (Å²) in [5.74, 6) is -1.43. The molecular formula is C9H13N3O3S. The van der Waals surface area contributed by atoms with E-state index in [2.05, 4.69) is 4.37 Å². The highest BCUT2D eigenvalue weighted by Gasteiger charge is 2.25. The fraction of sp³-hybridized carbons (Fsp3) is 0.444. The molecule has 0 aliphatic carbocycles. The van der Waals surface area contributed by atoms with E-state index in [-0.39, 0.29) is 11.5 Å². The average molecular weight is 243 g/mol. The van der Waals surface area contributed by atoms with Gasteiger partial charge in [-0.15, -0.1) is 0 Å². The summed E-state index contributed by atoms with van der Waals surface area (Å²) in [7, 11) is 1.49. The molecule has 1 rings (SSSR count). The number of aromatic nitrogens is 1. The molecule has 7 heteroatoms. The Bertz CT molecular complexity index is 428. The first-order valence-electron chi connectivity index (χ1n) is 4.59. The third-order valence-corrected chi connectivity index (χ3v) is 3.10. The Kier molecular flexibility index (Phi) is 3.61. The first-order chi connectivity index (χ1) is 7.36. The quantitative estimate of drug-likeness (QED) is 0.803. The van der Waals surface area contributed by atoms with Crippen molar-refractivity contribution < 1.29 is 14.7 Å². The van der Waals surface area contributed by atoms with Crippen molar-refractivity contribution in [2.24, 2.45) is 5.73 Å². The van der Waals surface area contributed by atoms with Crippen LogP contribution in [0.3, 0.4) is 0 Å². The molecule has 0 saturated heterocycles. The number of carbonyl (C=O) groups excluding carboxylic acids is 1. The maximum Gasteiger partial charge on any atom is 0.340 e. The van der Waals surface area contributed by atoms with Gasteiger partial charge in [0, 0.05) is 7.05 Å². The molecule has 0 aliphatic heterocycles. The van der Waals surface area contributed by atoms with Crippen molar-refractivity contribution in [1.82, 2.24) is 4.37 Å². The Morgan fingerprint density at radius 2 is 2.12 bits per heavy atom. The van der Waals surface area contributed by atoms with Gasteiger partial charge in [-0.05, 0) is 25.4 Å². The third kappa shape index (κ3) is 2.20. The number of rotatable bonds is 3. The number of carboxylic acid groups (broad SMARTS) is 1. The summed E-state index contributed by atoms with van der Waals surface area (Å²) in [6, 6.07) is -0.672. The second-order valence-electron chi connectivity index (χ2n) is 3.44. The van der Waals surface area contributed by atoms with Crippen molar-refractivity contribution >= 4 is 28.4 Å². The maximum atomic E-state index is 11.6. The van der Waals surface area contributed by atoms with Crippen LogP contribution in [0.25, 0.3) is 0 Å². The van der Waals surface area contributed by atoms with Crippen molar-refractivity contribution in [1.29, 1.82) is 0 Å². The smallest absolute Gasteiger partial charge is 0.340 e. The molecule has 0 radical (unpaired) electrons. The van der Waals surface area contributed by atoms with E-state index < -0.39 is 12.0 Å². The molecule has 1 unspecified atom stereocenters. The number of hydrogen-bond donors (Lipinski definition) is 2. The SMILES string of the molecule is Cc1nsc(N(C)C(=O)C(C)N)c1C(=O)O. The highest BCUT2D eigenvalue weighted by molar-refractivity contribution is 7.11. The molecular weight excluding hydrogens is 230 g/mol. The molecule has 16 heavy (non-hydrogen) atoms. The Balaban J connectivity index is 3.14. The molecule has 0 saturated carbocycles. The van der Waals surface area contributed by atoms with Gasteiger partial charge < -0.3 is 15.7 Å². The van der Waals surface area contributed by atoms with Crippen LogP contribution in [0.2, 0.25) is 0 Å². The minimum atomic E-state index is -1.09. The van der Waals surface area contributed by atoms with Crippen LogP contribution in [0.1, 0.15) is 23.0 Å². The molecule has 0 bridgehead atoms.